The zero-order valence-corrected chi connectivity index (χ0v) is 12.1. The molecule has 2 rings (SSSR count). The van der Waals surface area contributed by atoms with Crippen molar-refractivity contribution < 1.29 is 12.8 Å². The molecule has 0 aliphatic heterocycles. The fourth-order valence-corrected chi connectivity index (χ4v) is 3.99. The van der Waals surface area contributed by atoms with E-state index in [1.165, 1.54) is 36.4 Å². The van der Waals surface area contributed by atoms with Gasteiger partial charge >= 0.3 is 0 Å². The van der Waals surface area contributed by atoms with Crippen LogP contribution >= 0.6 is 11.3 Å². The molecule has 1 aromatic heterocycles. The Kier molecular flexibility index (Phi) is 4.18. The van der Waals surface area contributed by atoms with E-state index in [9.17, 15) is 12.8 Å². The number of benzene rings is 1. The highest BCUT2D eigenvalue weighted by molar-refractivity contribution is 7.91. The Morgan fingerprint density at radius 3 is 2.45 bits per heavy atom. The minimum absolute atomic E-state index is 0.0861. The zero-order valence-electron chi connectivity index (χ0n) is 10.5. The maximum Gasteiger partial charge on any atom is 0.250 e. The SMILES string of the molecule is CC(NS(=O)(=O)c1ccc(C#N)s1)c1ccc(F)cc1. The lowest BCUT2D eigenvalue weighted by atomic mass is 10.1. The van der Waals surface area contributed by atoms with E-state index in [2.05, 4.69) is 4.72 Å². The first kappa shape index (κ1) is 14.7. The molecule has 1 heterocycles. The Balaban J connectivity index is 2.20. The van der Waals surface area contributed by atoms with Crippen LogP contribution in [0.5, 0.6) is 0 Å². The van der Waals surface area contributed by atoms with Crippen LogP contribution in [-0.2, 0) is 10.0 Å². The van der Waals surface area contributed by atoms with Crippen LogP contribution in [0.3, 0.4) is 0 Å². The van der Waals surface area contributed by atoms with Gasteiger partial charge in [0.25, 0.3) is 10.0 Å². The maximum atomic E-state index is 12.8. The molecule has 2 aromatic rings. The van der Waals surface area contributed by atoms with Gasteiger partial charge in [-0.2, -0.15) is 5.26 Å². The van der Waals surface area contributed by atoms with Crippen molar-refractivity contribution in [3.05, 3.63) is 52.7 Å². The lowest BCUT2D eigenvalue weighted by molar-refractivity contribution is 0.568. The van der Waals surface area contributed by atoms with Crippen LogP contribution in [0.15, 0.2) is 40.6 Å². The van der Waals surface area contributed by atoms with Crippen molar-refractivity contribution in [3.8, 4) is 6.07 Å². The van der Waals surface area contributed by atoms with Crippen molar-refractivity contribution in [2.75, 3.05) is 0 Å². The molecule has 0 bridgehead atoms. The minimum atomic E-state index is -3.68. The van der Waals surface area contributed by atoms with Crippen molar-refractivity contribution in [2.24, 2.45) is 0 Å². The molecule has 1 unspecified atom stereocenters. The van der Waals surface area contributed by atoms with Crippen LogP contribution in [-0.4, -0.2) is 8.42 Å². The van der Waals surface area contributed by atoms with Gasteiger partial charge in [-0.05, 0) is 36.8 Å². The Morgan fingerprint density at radius 1 is 1.25 bits per heavy atom. The van der Waals surface area contributed by atoms with Crippen molar-refractivity contribution in [3.63, 3.8) is 0 Å². The summed E-state index contributed by atoms with van der Waals surface area (Å²) in [5.41, 5.74) is 0.659. The summed E-state index contributed by atoms with van der Waals surface area (Å²) in [5, 5.41) is 8.71. The molecular formula is C13H11FN2O2S2. The first-order valence-corrected chi connectivity index (χ1v) is 8.00. The van der Waals surface area contributed by atoms with E-state index in [0.29, 0.717) is 10.4 Å². The van der Waals surface area contributed by atoms with E-state index in [1.54, 1.807) is 6.92 Å². The van der Waals surface area contributed by atoms with E-state index >= 15 is 0 Å². The molecule has 0 fully saturated rings. The van der Waals surface area contributed by atoms with Crippen molar-refractivity contribution >= 4 is 21.4 Å². The lowest BCUT2D eigenvalue weighted by Crippen LogP contribution is -2.26. The highest BCUT2D eigenvalue weighted by Gasteiger charge is 2.20. The standard InChI is InChI=1S/C13H11FN2O2S2/c1-9(10-2-4-11(14)5-3-10)16-20(17,18)13-7-6-12(8-15)19-13/h2-7,9,16H,1H3. The van der Waals surface area contributed by atoms with Gasteiger partial charge in [-0.25, -0.2) is 17.5 Å². The molecule has 104 valence electrons. The first-order valence-electron chi connectivity index (χ1n) is 5.70. The molecule has 1 N–H and O–H groups in total. The largest absolute Gasteiger partial charge is 0.250 e. The third-order valence-corrected chi connectivity index (χ3v) is 5.68. The number of hydrogen-bond donors (Lipinski definition) is 1. The van der Waals surface area contributed by atoms with Gasteiger partial charge < -0.3 is 0 Å². The quantitative estimate of drug-likeness (QED) is 0.944. The molecule has 1 atom stereocenters. The van der Waals surface area contributed by atoms with Gasteiger partial charge in [0, 0.05) is 6.04 Å². The van der Waals surface area contributed by atoms with Crippen molar-refractivity contribution in [1.82, 2.24) is 4.72 Å². The molecule has 0 aliphatic carbocycles. The number of rotatable bonds is 4. The van der Waals surface area contributed by atoms with Crippen LogP contribution in [0.25, 0.3) is 0 Å². The average molecular weight is 310 g/mol. The zero-order chi connectivity index (χ0) is 14.8. The number of hydrogen-bond acceptors (Lipinski definition) is 4. The van der Waals surface area contributed by atoms with Gasteiger partial charge in [0.2, 0.25) is 0 Å². The summed E-state index contributed by atoms with van der Waals surface area (Å²) in [6.07, 6.45) is 0. The Hall–Kier alpha value is -1.75. The molecule has 0 amide bonds. The van der Waals surface area contributed by atoms with Gasteiger partial charge in [0.1, 0.15) is 21.0 Å². The van der Waals surface area contributed by atoms with E-state index in [4.69, 9.17) is 5.26 Å². The summed E-state index contributed by atoms with van der Waals surface area (Å²) >= 11 is 0.908. The van der Waals surface area contributed by atoms with Gasteiger partial charge in [-0.1, -0.05) is 12.1 Å². The molecule has 0 radical (unpaired) electrons. The van der Waals surface area contributed by atoms with Gasteiger partial charge in [0.05, 0.1) is 0 Å². The third-order valence-electron chi connectivity index (χ3n) is 2.66. The number of thiophene rings is 1. The first-order chi connectivity index (χ1) is 9.42. The molecule has 0 spiro atoms. The number of halogens is 1. The molecule has 1 aromatic carbocycles. The lowest BCUT2D eigenvalue weighted by Gasteiger charge is -2.13. The van der Waals surface area contributed by atoms with Gasteiger partial charge in [0.15, 0.2) is 0 Å². The van der Waals surface area contributed by atoms with Gasteiger partial charge in [-0.15, -0.1) is 11.3 Å². The van der Waals surface area contributed by atoms with Crippen molar-refractivity contribution in [2.45, 2.75) is 17.2 Å². The van der Waals surface area contributed by atoms with Gasteiger partial charge in [-0.3, -0.25) is 0 Å². The Morgan fingerprint density at radius 2 is 1.90 bits per heavy atom. The minimum Gasteiger partial charge on any atom is -0.207 e. The number of nitriles is 1. The molecule has 7 heteroatoms. The highest BCUT2D eigenvalue weighted by atomic mass is 32.2. The molecular weight excluding hydrogens is 299 g/mol. The molecule has 20 heavy (non-hydrogen) atoms. The fraction of sp³-hybridized carbons (Fsp3) is 0.154. The summed E-state index contributed by atoms with van der Waals surface area (Å²) in [6.45, 7) is 1.67. The monoisotopic (exact) mass is 310 g/mol. The second-order valence-electron chi connectivity index (χ2n) is 4.13. The number of nitrogens with zero attached hydrogens (tertiary/aromatic N) is 1. The summed E-state index contributed by atoms with van der Waals surface area (Å²) < 4.78 is 39.7. The molecule has 0 saturated carbocycles. The average Bonchev–Trinajstić information content (AvgIpc) is 2.88. The Bertz CT molecular complexity index is 745. The van der Waals surface area contributed by atoms with E-state index in [-0.39, 0.29) is 10.0 Å². The summed E-state index contributed by atoms with van der Waals surface area (Å²) in [4.78, 5) is 0.333. The summed E-state index contributed by atoms with van der Waals surface area (Å²) in [7, 11) is -3.68. The molecule has 0 saturated heterocycles. The van der Waals surface area contributed by atoms with E-state index < -0.39 is 16.1 Å². The molecule has 4 nitrogen and oxygen atoms in total. The van der Waals surface area contributed by atoms with E-state index in [1.807, 2.05) is 6.07 Å². The third kappa shape index (κ3) is 3.22. The maximum absolute atomic E-state index is 12.8. The summed E-state index contributed by atoms with van der Waals surface area (Å²) in [6, 6.07) is 9.86. The number of sulfonamides is 1. The van der Waals surface area contributed by atoms with Crippen LogP contribution < -0.4 is 4.72 Å². The topological polar surface area (TPSA) is 70.0 Å². The second kappa shape index (κ2) is 5.71. The summed E-state index contributed by atoms with van der Waals surface area (Å²) in [5.74, 6) is -0.374. The fourth-order valence-electron chi connectivity index (χ4n) is 1.63. The van der Waals surface area contributed by atoms with E-state index in [0.717, 1.165) is 11.3 Å². The second-order valence-corrected chi connectivity index (χ2v) is 7.15. The smallest absolute Gasteiger partial charge is 0.207 e. The predicted molar refractivity (Wildman–Crippen MR) is 74.2 cm³/mol. The number of nitrogens with one attached hydrogen (secondary N) is 1. The normalized spacial score (nSPS) is 12.8. The Labute approximate surface area is 120 Å². The van der Waals surface area contributed by atoms with Crippen LogP contribution in [0, 0.1) is 17.1 Å². The van der Waals surface area contributed by atoms with Crippen LogP contribution in [0.2, 0.25) is 0 Å². The predicted octanol–water partition coefficient (Wildman–Crippen LogP) is 2.80. The van der Waals surface area contributed by atoms with Crippen LogP contribution in [0.1, 0.15) is 23.4 Å². The molecule has 0 aliphatic rings. The van der Waals surface area contributed by atoms with Crippen molar-refractivity contribution in [1.29, 1.82) is 5.26 Å². The van der Waals surface area contributed by atoms with Crippen LogP contribution in [0.4, 0.5) is 4.39 Å². The highest BCUT2D eigenvalue weighted by Crippen LogP contribution is 2.23.